The van der Waals surface area contributed by atoms with Crippen LogP contribution in [0.2, 0.25) is 0 Å². The van der Waals surface area contributed by atoms with Crippen molar-refractivity contribution in [2.75, 3.05) is 13.2 Å². The number of halogens is 4. The van der Waals surface area contributed by atoms with Gasteiger partial charge in [0.25, 0.3) is 0 Å². The average molecular weight is 498 g/mol. The second-order valence-electron chi connectivity index (χ2n) is 3.16. The molecule has 9 heteroatoms. The number of alkyl halides is 4. The van der Waals surface area contributed by atoms with Crippen LogP contribution in [-0.2, 0) is 13.6 Å². The highest BCUT2D eigenvalue weighted by Crippen LogP contribution is 2.47. The first-order valence-corrected chi connectivity index (χ1v) is 8.46. The number of phosphoric ester groups is 1. The number of phosphoric acid groups is 1. The lowest BCUT2D eigenvalue weighted by atomic mass is 10.5. The van der Waals surface area contributed by atoms with E-state index in [1.807, 2.05) is 0 Å². The van der Waals surface area contributed by atoms with Crippen LogP contribution in [0.15, 0.2) is 0 Å². The SMILES string of the molecule is CC(Br)(Br)COP(=O)(O)OCC(C)(Br)Br. The maximum absolute atomic E-state index is 11.3. The van der Waals surface area contributed by atoms with E-state index in [2.05, 4.69) is 63.7 Å². The second-order valence-corrected chi connectivity index (χ2v) is 13.7. The van der Waals surface area contributed by atoms with Gasteiger partial charge in [0, 0.05) is 0 Å². The molecule has 0 fully saturated rings. The molecular formula is C6H11Br4O4P. The summed E-state index contributed by atoms with van der Waals surface area (Å²) in [5.74, 6) is 0. The molecule has 1 N–H and O–H groups in total. The van der Waals surface area contributed by atoms with Crippen LogP contribution in [0.4, 0.5) is 0 Å². The summed E-state index contributed by atoms with van der Waals surface area (Å²) in [7, 11) is -4.01. The largest absolute Gasteiger partial charge is 0.472 e. The standard InChI is InChI=1S/C6H11Br4O4P/c1-5(7,8)3-13-15(11,12)14-4-6(2,9)10/h3-4H2,1-2H3,(H,11,12). The zero-order valence-corrected chi connectivity index (χ0v) is 15.3. The molecule has 0 aromatic heterocycles. The van der Waals surface area contributed by atoms with Crippen molar-refractivity contribution in [3.8, 4) is 0 Å². The van der Waals surface area contributed by atoms with E-state index in [-0.39, 0.29) is 13.2 Å². The Hall–Kier alpha value is 2.03. The van der Waals surface area contributed by atoms with E-state index in [0.717, 1.165) is 0 Å². The van der Waals surface area contributed by atoms with Gasteiger partial charge in [0.15, 0.2) is 0 Å². The number of rotatable bonds is 6. The first-order chi connectivity index (χ1) is 6.41. The Morgan fingerprint density at radius 2 is 1.33 bits per heavy atom. The van der Waals surface area contributed by atoms with Crippen LogP contribution in [0, 0.1) is 0 Å². The van der Waals surface area contributed by atoms with E-state index in [0.29, 0.717) is 0 Å². The molecule has 0 aliphatic carbocycles. The van der Waals surface area contributed by atoms with Gasteiger partial charge in [-0.3, -0.25) is 9.05 Å². The first kappa shape index (κ1) is 17.0. The zero-order chi connectivity index (χ0) is 12.3. The third-order valence-corrected chi connectivity index (χ3v) is 2.79. The minimum Gasteiger partial charge on any atom is -0.302 e. The Labute approximate surface area is 123 Å². The summed E-state index contributed by atoms with van der Waals surface area (Å²) in [6.07, 6.45) is 0. The molecule has 0 atom stereocenters. The summed E-state index contributed by atoms with van der Waals surface area (Å²) in [6.45, 7) is 3.49. The first-order valence-electron chi connectivity index (χ1n) is 3.79. The summed E-state index contributed by atoms with van der Waals surface area (Å²) in [6, 6.07) is 0. The molecular weight excluding hydrogens is 487 g/mol. The minimum absolute atomic E-state index is 0.00205. The Kier molecular flexibility index (Phi) is 7.12. The van der Waals surface area contributed by atoms with Crippen LogP contribution in [-0.4, -0.2) is 24.6 Å². The molecule has 0 heterocycles. The van der Waals surface area contributed by atoms with Gasteiger partial charge in [0.05, 0.1) is 13.2 Å². The lowest BCUT2D eigenvalue weighted by Crippen LogP contribution is -2.17. The third-order valence-electron chi connectivity index (χ3n) is 0.962. The molecule has 15 heavy (non-hydrogen) atoms. The van der Waals surface area contributed by atoms with Crippen molar-refractivity contribution >= 4 is 71.5 Å². The fourth-order valence-electron chi connectivity index (χ4n) is 0.427. The van der Waals surface area contributed by atoms with Gasteiger partial charge >= 0.3 is 7.82 Å². The van der Waals surface area contributed by atoms with Crippen LogP contribution in [0.5, 0.6) is 0 Å². The zero-order valence-electron chi connectivity index (χ0n) is 8.05. The molecule has 0 amide bonds. The lowest BCUT2D eigenvalue weighted by molar-refractivity contribution is 0.149. The van der Waals surface area contributed by atoms with E-state index in [1.54, 1.807) is 13.8 Å². The van der Waals surface area contributed by atoms with Gasteiger partial charge in [0.1, 0.15) is 6.47 Å². The highest BCUT2D eigenvalue weighted by Gasteiger charge is 2.29. The van der Waals surface area contributed by atoms with E-state index in [9.17, 15) is 9.46 Å². The highest BCUT2D eigenvalue weighted by molar-refractivity contribution is 9.25. The third kappa shape index (κ3) is 12.3. The van der Waals surface area contributed by atoms with Crippen molar-refractivity contribution in [2.24, 2.45) is 0 Å². The number of hydrogen-bond acceptors (Lipinski definition) is 3. The normalized spacial score (nSPS) is 14.3. The van der Waals surface area contributed by atoms with Crippen molar-refractivity contribution < 1.29 is 18.5 Å². The molecule has 0 radical (unpaired) electrons. The smallest absolute Gasteiger partial charge is 0.302 e. The molecule has 0 bridgehead atoms. The summed E-state index contributed by atoms with van der Waals surface area (Å²) in [4.78, 5) is 9.27. The van der Waals surface area contributed by atoms with Gasteiger partial charge in [-0.1, -0.05) is 63.7 Å². The Morgan fingerprint density at radius 3 is 1.53 bits per heavy atom. The molecule has 0 spiro atoms. The van der Waals surface area contributed by atoms with Crippen molar-refractivity contribution in [2.45, 2.75) is 20.3 Å². The summed E-state index contributed by atoms with van der Waals surface area (Å²) < 4.78 is 19.7. The van der Waals surface area contributed by atoms with Crippen LogP contribution in [0.25, 0.3) is 0 Å². The fourth-order valence-corrected chi connectivity index (χ4v) is 2.51. The highest BCUT2D eigenvalue weighted by atomic mass is 79.9. The molecule has 0 unspecified atom stereocenters. The molecule has 4 nitrogen and oxygen atoms in total. The van der Waals surface area contributed by atoms with Gasteiger partial charge in [-0.05, 0) is 13.8 Å². The summed E-state index contributed by atoms with van der Waals surface area (Å²) in [5, 5.41) is 0. The lowest BCUT2D eigenvalue weighted by Gasteiger charge is -2.20. The second kappa shape index (κ2) is 6.27. The molecule has 92 valence electrons. The van der Waals surface area contributed by atoms with E-state index < -0.39 is 14.3 Å². The van der Waals surface area contributed by atoms with Crippen LogP contribution < -0.4 is 0 Å². The molecule has 0 saturated heterocycles. The summed E-state index contributed by atoms with van der Waals surface area (Å²) in [5.41, 5.74) is 0. The quantitative estimate of drug-likeness (QED) is 0.443. The molecule has 0 aliphatic rings. The minimum atomic E-state index is -4.01. The monoisotopic (exact) mass is 494 g/mol. The molecule has 0 saturated carbocycles. The molecule has 0 aromatic carbocycles. The van der Waals surface area contributed by atoms with Gasteiger partial charge in [-0.2, -0.15) is 0 Å². The van der Waals surface area contributed by atoms with Crippen LogP contribution >= 0.6 is 71.5 Å². The van der Waals surface area contributed by atoms with Crippen molar-refractivity contribution in [3.05, 3.63) is 0 Å². The van der Waals surface area contributed by atoms with Gasteiger partial charge in [-0.15, -0.1) is 0 Å². The predicted molar refractivity (Wildman–Crippen MR) is 74.2 cm³/mol. The van der Waals surface area contributed by atoms with E-state index >= 15 is 0 Å². The molecule has 0 aromatic rings. The van der Waals surface area contributed by atoms with Crippen molar-refractivity contribution in [1.29, 1.82) is 0 Å². The maximum Gasteiger partial charge on any atom is 0.472 e. The van der Waals surface area contributed by atoms with Crippen LogP contribution in [0.3, 0.4) is 0 Å². The van der Waals surface area contributed by atoms with Gasteiger partial charge in [-0.25, -0.2) is 4.57 Å². The summed E-state index contributed by atoms with van der Waals surface area (Å²) >= 11 is 12.8. The number of hydrogen-bond donors (Lipinski definition) is 1. The fraction of sp³-hybridized carbons (Fsp3) is 1.00. The Balaban J connectivity index is 4.04. The van der Waals surface area contributed by atoms with Gasteiger partial charge < -0.3 is 4.89 Å². The van der Waals surface area contributed by atoms with E-state index in [1.165, 1.54) is 0 Å². The molecule has 0 rings (SSSR count). The Bertz CT molecular complexity index is 224. The topological polar surface area (TPSA) is 55.8 Å². The average Bonchev–Trinajstić information content (AvgIpc) is 1.96. The van der Waals surface area contributed by atoms with Crippen LogP contribution in [0.1, 0.15) is 13.8 Å². The maximum atomic E-state index is 11.3. The van der Waals surface area contributed by atoms with Crippen molar-refractivity contribution in [3.63, 3.8) is 0 Å². The molecule has 0 aliphatic heterocycles. The predicted octanol–water partition coefficient (Wildman–Crippen LogP) is 4.13. The van der Waals surface area contributed by atoms with E-state index in [4.69, 9.17) is 9.05 Å². The van der Waals surface area contributed by atoms with Crippen molar-refractivity contribution in [1.82, 2.24) is 0 Å². The Morgan fingerprint density at radius 1 is 1.07 bits per heavy atom. The van der Waals surface area contributed by atoms with Gasteiger partial charge in [0.2, 0.25) is 0 Å².